The Morgan fingerprint density at radius 1 is 1.56 bits per heavy atom. The number of hydrogen-bond donors (Lipinski definition) is 3. The summed E-state index contributed by atoms with van der Waals surface area (Å²) in [6.45, 7) is 8.01. The third-order valence-electron chi connectivity index (χ3n) is 2.21. The lowest BCUT2D eigenvalue weighted by atomic mass is 10.1. The van der Waals surface area contributed by atoms with Crippen molar-refractivity contribution in [3.63, 3.8) is 0 Å². The van der Waals surface area contributed by atoms with Gasteiger partial charge in [0.2, 0.25) is 5.82 Å². The van der Waals surface area contributed by atoms with Gasteiger partial charge in [0.15, 0.2) is 0 Å². The van der Waals surface area contributed by atoms with Gasteiger partial charge >= 0.3 is 0 Å². The summed E-state index contributed by atoms with van der Waals surface area (Å²) in [5, 5.41) is 9.37. The van der Waals surface area contributed by atoms with Crippen molar-refractivity contribution >= 4 is 5.91 Å². The summed E-state index contributed by atoms with van der Waals surface area (Å²) < 4.78 is 0. The van der Waals surface area contributed by atoms with Crippen molar-refractivity contribution in [2.75, 3.05) is 6.54 Å². The molecule has 1 heterocycles. The van der Waals surface area contributed by atoms with Gasteiger partial charge in [-0.05, 0) is 13.8 Å². The highest BCUT2D eigenvalue weighted by Gasteiger charge is 2.22. The molecule has 0 aromatic carbocycles. The SMILES string of the molecule is CC(C)c1nc(C(=O)NC(C)(C)CN)n[nH]1. The van der Waals surface area contributed by atoms with Crippen LogP contribution in [0, 0.1) is 0 Å². The Balaban J connectivity index is 2.74. The normalized spacial score (nSPS) is 11.9. The zero-order chi connectivity index (χ0) is 12.3. The predicted octanol–water partition coefficient (Wildman–Crippen LogP) is 0.395. The van der Waals surface area contributed by atoms with Crippen LogP contribution in [-0.2, 0) is 0 Å². The molecule has 6 heteroatoms. The number of aromatic amines is 1. The van der Waals surface area contributed by atoms with Crippen molar-refractivity contribution in [1.82, 2.24) is 20.5 Å². The van der Waals surface area contributed by atoms with Crippen LogP contribution in [-0.4, -0.2) is 33.2 Å². The maximum atomic E-state index is 11.7. The Bertz CT molecular complexity index is 369. The highest BCUT2D eigenvalue weighted by atomic mass is 16.2. The van der Waals surface area contributed by atoms with E-state index < -0.39 is 5.54 Å². The fourth-order valence-corrected chi connectivity index (χ4v) is 1.05. The van der Waals surface area contributed by atoms with Gasteiger partial charge < -0.3 is 11.1 Å². The minimum atomic E-state index is -0.449. The molecule has 0 bridgehead atoms. The second kappa shape index (κ2) is 4.61. The number of hydrogen-bond acceptors (Lipinski definition) is 4. The lowest BCUT2D eigenvalue weighted by Gasteiger charge is -2.23. The second-order valence-corrected chi connectivity index (χ2v) is 4.74. The van der Waals surface area contributed by atoms with Crippen molar-refractivity contribution in [2.45, 2.75) is 39.2 Å². The average molecular weight is 225 g/mol. The summed E-state index contributed by atoms with van der Waals surface area (Å²) in [7, 11) is 0. The first-order valence-corrected chi connectivity index (χ1v) is 5.30. The number of amides is 1. The van der Waals surface area contributed by atoms with E-state index in [4.69, 9.17) is 5.73 Å². The van der Waals surface area contributed by atoms with Gasteiger partial charge in [0.25, 0.3) is 5.91 Å². The lowest BCUT2D eigenvalue weighted by molar-refractivity contribution is 0.0905. The molecule has 4 N–H and O–H groups in total. The largest absolute Gasteiger partial charge is 0.343 e. The van der Waals surface area contributed by atoms with Gasteiger partial charge in [0.1, 0.15) is 5.82 Å². The number of nitrogens with two attached hydrogens (primary N) is 1. The zero-order valence-corrected chi connectivity index (χ0v) is 10.2. The summed E-state index contributed by atoms with van der Waals surface area (Å²) in [5.41, 5.74) is 5.07. The molecule has 16 heavy (non-hydrogen) atoms. The Morgan fingerprint density at radius 2 is 2.19 bits per heavy atom. The number of nitrogens with zero attached hydrogens (tertiary/aromatic N) is 2. The van der Waals surface area contributed by atoms with E-state index in [0.717, 1.165) is 0 Å². The minimum absolute atomic E-state index is 0.158. The molecule has 0 saturated heterocycles. The van der Waals surface area contributed by atoms with Gasteiger partial charge in [-0.3, -0.25) is 9.89 Å². The summed E-state index contributed by atoms with van der Waals surface area (Å²) in [6.07, 6.45) is 0. The van der Waals surface area contributed by atoms with Crippen LogP contribution in [0.15, 0.2) is 0 Å². The molecule has 90 valence electrons. The molecule has 0 spiro atoms. The van der Waals surface area contributed by atoms with Crippen LogP contribution in [0.1, 0.15) is 50.1 Å². The molecule has 0 saturated carbocycles. The predicted molar refractivity (Wildman–Crippen MR) is 61.1 cm³/mol. The van der Waals surface area contributed by atoms with E-state index in [9.17, 15) is 4.79 Å². The topological polar surface area (TPSA) is 96.7 Å². The summed E-state index contributed by atoms with van der Waals surface area (Å²) in [4.78, 5) is 15.9. The van der Waals surface area contributed by atoms with Crippen LogP contribution in [0.3, 0.4) is 0 Å². The molecule has 1 aromatic heterocycles. The molecular weight excluding hydrogens is 206 g/mol. The lowest BCUT2D eigenvalue weighted by Crippen LogP contribution is -2.49. The molecule has 1 rings (SSSR count). The maximum Gasteiger partial charge on any atom is 0.291 e. The Morgan fingerprint density at radius 3 is 2.62 bits per heavy atom. The molecule has 0 fully saturated rings. The highest BCUT2D eigenvalue weighted by Crippen LogP contribution is 2.08. The smallest absolute Gasteiger partial charge is 0.291 e. The van der Waals surface area contributed by atoms with Crippen molar-refractivity contribution in [3.8, 4) is 0 Å². The third kappa shape index (κ3) is 3.03. The molecule has 0 aliphatic heterocycles. The second-order valence-electron chi connectivity index (χ2n) is 4.74. The first-order chi connectivity index (χ1) is 7.35. The fraction of sp³-hybridized carbons (Fsp3) is 0.700. The van der Waals surface area contributed by atoms with E-state index in [2.05, 4.69) is 20.5 Å². The number of carbonyl (C=O) groups excluding carboxylic acids is 1. The van der Waals surface area contributed by atoms with Crippen LogP contribution in [0.25, 0.3) is 0 Å². The average Bonchev–Trinajstić information content (AvgIpc) is 2.66. The molecule has 6 nitrogen and oxygen atoms in total. The monoisotopic (exact) mass is 225 g/mol. The van der Waals surface area contributed by atoms with Gasteiger partial charge in [-0.1, -0.05) is 13.8 Å². The van der Waals surface area contributed by atoms with E-state index in [1.165, 1.54) is 0 Å². The van der Waals surface area contributed by atoms with Crippen LogP contribution in [0.5, 0.6) is 0 Å². The Labute approximate surface area is 95.0 Å². The van der Waals surface area contributed by atoms with Crippen molar-refractivity contribution in [2.24, 2.45) is 5.73 Å². The molecule has 0 aliphatic carbocycles. The van der Waals surface area contributed by atoms with Crippen LogP contribution in [0.2, 0.25) is 0 Å². The van der Waals surface area contributed by atoms with E-state index in [-0.39, 0.29) is 17.6 Å². The third-order valence-corrected chi connectivity index (χ3v) is 2.21. The summed E-state index contributed by atoms with van der Waals surface area (Å²) in [6, 6.07) is 0. The molecule has 1 amide bonds. The number of carbonyl (C=O) groups is 1. The molecule has 0 radical (unpaired) electrons. The minimum Gasteiger partial charge on any atom is -0.343 e. The van der Waals surface area contributed by atoms with E-state index in [1.54, 1.807) is 0 Å². The zero-order valence-electron chi connectivity index (χ0n) is 10.2. The van der Waals surface area contributed by atoms with E-state index >= 15 is 0 Å². The first-order valence-electron chi connectivity index (χ1n) is 5.30. The molecule has 0 unspecified atom stereocenters. The van der Waals surface area contributed by atoms with Crippen molar-refractivity contribution < 1.29 is 4.79 Å². The van der Waals surface area contributed by atoms with Gasteiger partial charge in [-0.25, -0.2) is 4.98 Å². The van der Waals surface area contributed by atoms with E-state index in [0.29, 0.717) is 12.4 Å². The molecule has 1 aromatic rings. The number of rotatable bonds is 4. The highest BCUT2D eigenvalue weighted by molar-refractivity contribution is 5.90. The molecule has 0 atom stereocenters. The van der Waals surface area contributed by atoms with Gasteiger partial charge in [0, 0.05) is 18.0 Å². The number of nitrogens with one attached hydrogen (secondary N) is 2. The Hall–Kier alpha value is -1.43. The Kier molecular flexibility index (Phi) is 3.64. The quantitative estimate of drug-likeness (QED) is 0.690. The molecule has 0 aliphatic rings. The van der Waals surface area contributed by atoms with Crippen molar-refractivity contribution in [3.05, 3.63) is 11.6 Å². The van der Waals surface area contributed by atoms with Crippen LogP contribution < -0.4 is 11.1 Å². The number of aromatic nitrogens is 3. The summed E-state index contributed by atoms with van der Waals surface area (Å²) >= 11 is 0. The first kappa shape index (κ1) is 12.6. The van der Waals surface area contributed by atoms with E-state index in [1.807, 2.05) is 27.7 Å². The standard InChI is InChI=1S/C10H19N5O/c1-6(2)7-12-8(15-14-7)9(16)13-10(3,4)5-11/h6H,5,11H2,1-4H3,(H,13,16)(H,12,14,15). The van der Waals surface area contributed by atoms with Crippen LogP contribution in [0.4, 0.5) is 0 Å². The van der Waals surface area contributed by atoms with Gasteiger partial charge in [-0.15, -0.1) is 5.10 Å². The van der Waals surface area contributed by atoms with Gasteiger partial charge in [0.05, 0.1) is 0 Å². The molecular formula is C10H19N5O. The fourth-order valence-electron chi connectivity index (χ4n) is 1.05. The number of H-pyrrole nitrogens is 1. The summed E-state index contributed by atoms with van der Waals surface area (Å²) in [5.74, 6) is 0.774. The van der Waals surface area contributed by atoms with Crippen LogP contribution >= 0.6 is 0 Å². The maximum absolute atomic E-state index is 11.7. The van der Waals surface area contributed by atoms with Crippen molar-refractivity contribution in [1.29, 1.82) is 0 Å². The van der Waals surface area contributed by atoms with Gasteiger partial charge in [-0.2, -0.15) is 0 Å².